The summed E-state index contributed by atoms with van der Waals surface area (Å²) in [4.78, 5) is 11.9. The minimum absolute atomic E-state index is 0.00111. The molecule has 2 rings (SSSR count). The first kappa shape index (κ1) is 15.7. The molecule has 0 aromatic carbocycles. The smallest absolute Gasteiger partial charge is 0.221 e. The van der Waals surface area contributed by atoms with Crippen LogP contribution in [-0.4, -0.2) is 49.6 Å². The van der Waals surface area contributed by atoms with E-state index in [1.807, 2.05) is 0 Å². The van der Waals surface area contributed by atoms with E-state index in [9.17, 15) is 13.2 Å². The SMILES string of the molecule is CCS(=O)(=O)N1CCC(NC(=O)CC(N)C2CC2)CC1. The van der Waals surface area contributed by atoms with Crippen LogP contribution in [-0.2, 0) is 14.8 Å². The molecule has 1 unspecified atom stereocenters. The van der Waals surface area contributed by atoms with Crippen LogP contribution in [0.3, 0.4) is 0 Å². The monoisotopic (exact) mass is 303 g/mol. The predicted octanol–water partition coefficient (Wildman–Crippen LogP) is 0.0441. The zero-order chi connectivity index (χ0) is 14.8. The van der Waals surface area contributed by atoms with Gasteiger partial charge in [-0.2, -0.15) is 0 Å². The molecule has 0 bridgehead atoms. The van der Waals surface area contributed by atoms with Gasteiger partial charge in [0.15, 0.2) is 0 Å². The average molecular weight is 303 g/mol. The van der Waals surface area contributed by atoms with E-state index in [2.05, 4.69) is 5.32 Å². The lowest BCUT2D eigenvalue weighted by molar-refractivity contribution is -0.122. The van der Waals surface area contributed by atoms with E-state index < -0.39 is 10.0 Å². The second-order valence-corrected chi connectivity index (χ2v) is 8.10. The zero-order valence-corrected chi connectivity index (χ0v) is 12.9. The van der Waals surface area contributed by atoms with Crippen molar-refractivity contribution in [3.63, 3.8) is 0 Å². The Balaban J connectivity index is 1.72. The summed E-state index contributed by atoms with van der Waals surface area (Å²) < 4.78 is 25.0. The van der Waals surface area contributed by atoms with Crippen LogP contribution < -0.4 is 11.1 Å². The Labute approximate surface area is 121 Å². The van der Waals surface area contributed by atoms with Gasteiger partial charge >= 0.3 is 0 Å². The molecular formula is C13H25N3O3S. The molecule has 1 saturated carbocycles. The Morgan fingerprint density at radius 2 is 1.90 bits per heavy atom. The van der Waals surface area contributed by atoms with Crippen molar-refractivity contribution in [1.82, 2.24) is 9.62 Å². The molecule has 0 aromatic rings. The Morgan fingerprint density at radius 1 is 1.30 bits per heavy atom. The van der Waals surface area contributed by atoms with Crippen molar-refractivity contribution in [2.75, 3.05) is 18.8 Å². The van der Waals surface area contributed by atoms with E-state index in [0.29, 0.717) is 38.3 Å². The zero-order valence-electron chi connectivity index (χ0n) is 12.0. The maximum absolute atomic E-state index is 11.9. The second kappa shape index (κ2) is 6.41. The highest BCUT2D eigenvalue weighted by atomic mass is 32.2. The van der Waals surface area contributed by atoms with E-state index >= 15 is 0 Å². The summed E-state index contributed by atoms with van der Waals surface area (Å²) in [7, 11) is -3.09. The Morgan fingerprint density at radius 3 is 2.40 bits per heavy atom. The normalized spacial score (nSPS) is 23.5. The van der Waals surface area contributed by atoms with Gasteiger partial charge in [-0.3, -0.25) is 4.79 Å². The topological polar surface area (TPSA) is 92.5 Å². The van der Waals surface area contributed by atoms with Gasteiger partial charge in [-0.25, -0.2) is 12.7 Å². The number of piperidine rings is 1. The van der Waals surface area contributed by atoms with E-state index in [-0.39, 0.29) is 23.7 Å². The molecule has 0 spiro atoms. The molecule has 6 nitrogen and oxygen atoms in total. The first-order chi connectivity index (χ1) is 9.42. The fraction of sp³-hybridized carbons (Fsp3) is 0.923. The highest BCUT2D eigenvalue weighted by Crippen LogP contribution is 2.32. The molecular weight excluding hydrogens is 278 g/mol. The quantitative estimate of drug-likeness (QED) is 0.725. The summed E-state index contributed by atoms with van der Waals surface area (Å²) in [5.41, 5.74) is 5.93. The highest BCUT2D eigenvalue weighted by molar-refractivity contribution is 7.89. The largest absolute Gasteiger partial charge is 0.353 e. The number of nitrogens with two attached hydrogens (primary N) is 1. The average Bonchev–Trinajstić information content (AvgIpc) is 3.23. The number of carbonyl (C=O) groups is 1. The summed E-state index contributed by atoms with van der Waals surface area (Å²) in [6.45, 7) is 2.65. The molecule has 0 aromatic heterocycles. The molecule has 116 valence electrons. The van der Waals surface area contributed by atoms with Crippen molar-refractivity contribution in [2.45, 2.75) is 51.1 Å². The van der Waals surface area contributed by atoms with Gasteiger partial charge in [0.25, 0.3) is 0 Å². The van der Waals surface area contributed by atoms with Crippen LogP contribution in [0.5, 0.6) is 0 Å². The van der Waals surface area contributed by atoms with Gasteiger partial charge in [-0.1, -0.05) is 0 Å². The molecule has 1 saturated heterocycles. The predicted molar refractivity (Wildman–Crippen MR) is 77.5 cm³/mol. The number of sulfonamides is 1. The van der Waals surface area contributed by atoms with Crippen molar-refractivity contribution >= 4 is 15.9 Å². The van der Waals surface area contributed by atoms with Gasteiger partial charge in [0, 0.05) is 31.6 Å². The minimum atomic E-state index is -3.09. The van der Waals surface area contributed by atoms with Crippen LogP contribution >= 0.6 is 0 Å². The summed E-state index contributed by atoms with van der Waals surface area (Å²) in [6, 6.07) is 0.0627. The molecule has 0 radical (unpaired) electrons. The van der Waals surface area contributed by atoms with Crippen LogP contribution in [0.1, 0.15) is 39.0 Å². The standard InChI is InChI=1S/C13H25N3O3S/c1-2-20(18,19)16-7-5-11(6-8-16)15-13(17)9-12(14)10-3-4-10/h10-12H,2-9,14H2,1H3,(H,15,17). The van der Waals surface area contributed by atoms with Crippen LogP contribution in [0.15, 0.2) is 0 Å². The maximum atomic E-state index is 11.9. The Hall–Kier alpha value is -0.660. The van der Waals surface area contributed by atoms with Gasteiger partial charge in [-0.15, -0.1) is 0 Å². The van der Waals surface area contributed by atoms with Crippen LogP contribution in [0.4, 0.5) is 0 Å². The molecule has 2 fully saturated rings. The van der Waals surface area contributed by atoms with Gasteiger partial charge < -0.3 is 11.1 Å². The molecule has 20 heavy (non-hydrogen) atoms. The number of nitrogens with one attached hydrogen (secondary N) is 1. The van der Waals surface area contributed by atoms with Gasteiger partial charge in [0.2, 0.25) is 15.9 Å². The lowest BCUT2D eigenvalue weighted by Crippen LogP contribution is -2.47. The second-order valence-electron chi connectivity index (χ2n) is 5.85. The Kier molecular flexibility index (Phi) is 5.04. The molecule has 7 heteroatoms. The van der Waals surface area contributed by atoms with Crippen molar-refractivity contribution < 1.29 is 13.2 Å². The van der Waals surface area contributed by atoms with Gasteiger partial charge in [0.05, 0.1) is 5.75 Å². The highest BCUT2D eigenvalue weighted by Gasteiger charge is 2.31. The third kappa shape index (κ3) is 4.17. The van der Waals surface area contributed by atoms with E-state index in [1.165, 1.54) is 4.31 Å². The number of carbonyl (C=O) groups excluding carboxylic acids is 1. The van der Waals surface area contributed by atoms with Crippen LogP contribution in [0, 0.1) is 5.92 Å². The van der Waals surface area contributed by atoms with E-state index in [0.717, 1.165) is 12.8 Å². The summed E-state index contributed by atoms with van der Waals surface area (Å²) in [5, 5.41) is 2.98. The summed E-state index contributed by atoms with van der Waals surface area (Å²) in [5.74, 6) is 0.666. The third-order valence-electron chi connectivity index (χ3n) is 4.23. The minimum Gasteiger partial charge on any atom is -0.353 e. The summed E-state index contributed by atoms with van der Waals surface area (Å²) >= 11 is 0. The van der Waals surface area contributed by atoms with E-state index in [4.69, 9.17) is 5.73 Å². The molecule has 1 amide bonds. The van der Waals surface area contributed by atoms with Crippen LogP contribution in [0.2, 0.25) is 0 Å². The first-order valence-electron chi connectivity index (χ1n) is 7.45. The first-order valence-corrected chi connectivity index (χ1v) is 9.06. The molecule has 1 atom stereocenters. The van der Waals surface area contributed by atoms with Crippen molar-refractivity contribution in [2.24, 2.45) is 11.7 Å². The fourth-order valence-corrected chi connectivity index (χ4v) is 3.78. The fourth-order valence-electron chi connectivity index (χ4n) is 2.65. The number of hydrogen-bond acceptors (Lipinski definition) is 4. The van der Waals surface area contributed by atoms with E-state index in [1.54, 1.807) is 6.92 Å². The Bertz CT molecular complexity index is 440. The molecule has 2 aliphatic rings. The van der Waals surface area contributed by atoms with Crippen LogP contribution in [0.25, 0.3) is 0 Å². The molecule has 1 aliphatic heterocycles. The third-order valence-corrected chi connectivity index (χ3v) is 6.11. The lowest BCUT2D eigenvalue weighted by atomic mass is 10.1. The summed E-state index contributed by atoms with van der Waals surface area (Å²) in [6.07, 6.45) is 4.04. The van der Waals surface area contributed by atoms with Crippen molar-refractivity contribution in [3.05, 3.63) is 0 Å². The number of nitrogens with zero attached hydrogens (tertiary/aromatic N) is 1. The molecule has 1 aliphatic carbocycles. The van der Waals surface area contributed by atoms with Gasteiger partial charge in [0.1, 0.15) is 0 Å². The van der Waals surface area contributed by atoms with Gasteiger partial charge in [-0.05, 0) is 38.5 Å². The lowest BCUT2D eigenvalue weighted by Gasteiger charge is -2.31. The van der Waals surface area contributed by atoms with Crippen molar-refractivity contribution in [3.8, 4) is 0 Å². The number of rotatable bonds is 6. The number of amides is 1. The maximum Gasteiger partial charge on any atom is 0.221 e. The van der Waals surface area contributed by atoms with Crippen molar-refractivity contribution in [1.29, 1.82) is 0 Å². The molecule has 1 heterocycles. The number of hydrogen-bond donors (Lipinski definition) is 2. The molecule has 3 N–H and O–H groups in total.